The molecule has 13 heteroatoms. The van der Waals surface area contributed by atoms with Crippen molar-refractivity contribution in [3.63, 3.8) is 0 Å². The molecule has 0 aliphatic heterocycles. The van der Waals surface area contributed by atoms with Gasteiger partial charge in [-0.05, 0) is 42.3 Å². The van der Waals surface area contributed by atoms with Crippen LogP contribution in [0.4, 0.5) is 30.7 Å². The summed E-state index contributed by atoms with van der Waals surface area (Å²) >= 11 is 0. The van der Waals surface area contributed by atoms with Gasteiger partial charge in [0.2, 0.25) is 15.8 Å². The minimum absolute atomic E-state index is 0.157. The molecule has 1 heterocycles. The van der Waals surface area contributed by atoms with Crippen molar-refractivity contribution in [2.75, 3.05) is 0 Å². The third-order valence-corrected chi connectivity index (χ3v) is 5.23. The number of aromatic nitrogens is 1. The topological polar surface area (TPSA) is 86.2 Å². The number of hydrogen-bond donors (Lipinski definition) is 1. The third kappa shape index (κ3) is 4.42. The molecule has 31 heavy (non-hydrogen) atoms. The standard InChI is InChI=1S/C18H11F7N2O3S/c1-8-6-10(2-4-11(8)17(20,21)22)15-14(16(30-27-15)18(23,24)25)9-3-5-13(12(19)7-9)31(26,28)29/h2-7H,1H3,(H2,26,28,29). The van der Waals surface area contributed by atoms with Crippen LogP contribution >= 0.6 is 0 Å². The summed E-state index contributed by atoms with van der Waals surface area (Å²) in [7, 11) is -4.49. The van der Waals surface area contributed by atoms with Crippen molar-refractivity contribution in [2.24, 2.45) is 5.14 Å². The summed E-state index contributed by atoms with van der Waals surface area (Å²) in [5.41, 5.74) is -3.19. The summed E-state index contributed by atoms with van der Waals surface area (Å²) < 4.78 is 121. The van der Waals surface area contributed by atoms with Gasteiger partial charge in [-0.1, -0.05) is 17.3 Å². The fraction of sp³-hybridized carbons (Fsp3) is 0.167. The number of halogens is 7. The van der Waals surface area contributed by atoms with Crippen LogP contribution in [0.15, 0.2) is 45.8 Å². The van der Waals surface area contributed by atoms with E-state index in [9.17, 15) is 39.2 Å². The van der Waals surface area contributed by atoms with E-state index in [1.165, 1.54) is 0 Å². The molecular formula is C18H11F7N2O3S. The van der Waals surface area contributed by atoms with Gasteiger partial charge < -0.3 is 4.52 Å². The van der Waals surface area contributed by atoms with Crippen molar-refractivity contribution in [2.45, 2.75) is 24.2 Å². The average Bonchev–Trinajstić information content (AvgIpc) is 3.04. The summed E-state index contributed by atoms with van der Waals surface area (Å²) in [6, 6.07) is 4.52. The van der Waals surface area contributed by atoms with Crippen molar-refractivity contribution < 1.29 is 43.7 Å². The van der Waals surface area contributed by atoms with E-state index in [-0.39, 0.29) is 11.1 Å². The molecule has 2 N–H and O–H groups in total. The molecule has 3 aromatic rings. The van der Waals surface area contributed by atoms with Gasteiger partial charge in [0.1, 0.15) is 16.4 Å². The Hall–Kier alpha value is -2.93. The largest absolute Gasteiger partial charge is 0.453 e. The number of sulfonamides is 1. The van der Waals surface area contributed by atoms with Crippen molar-refractivity contribution in [3.05, 3.63) is 59.1 Å². The monoisotopic (exact) mass is 468 g/mol. The maximum absolute atomic E-state index is 14.2. The maximum atomic E-state index is 14.2. The molecule has 166 valence electrons. The first kappa shape index (κ1) is 22.7. The van der Waals surface area contributed by atoms with Gasteiger partial charge in [-0.25, -0.2) is 17.9 Å². The van der Waals surface area contributed by atoms with E-state index in [2.05, 4.69) is 9.68 Å². The summed E-state index contributed by atoms with van der Waals surface area (Å²) in [5, 5.41) is 8.16. The van der Waals surface area contributed by atoms with Crippen LogP contribution in [0.3, 0.4) is 0 Å². The number of nitrogens with zero attached hydrogens (tertiary/aromatic N) is 1. The smallest absolute Gasteiger partial charge is 0.350 e. The predicted octanol–water partition coefficient (Wildman–Crippen LogP) is 5.14. The maximum Gasteiger partial charge on any atom is 0.453 e. The second kappa shape index (κ2) is 7.34. The summed E-state index contributed by atoms with van der Waals surface area (Å²) in [5.74, 6) is -3.06. The summed E-state index contributed by atoms with van der Waals surface area (Å²) in [6.07, 6.45) is -9.77. The Bertz CT molecular complexity index is 1260. The van der Waals surface area contributed by atoms with E-state index in [1.54, 1.807) is 0 Å². The van der Waals surface area contributed by atoms with Gasteiger partial charge in [0.25, 0.3) is 0 Å². The van der Waals surface area contributed by atoms with Crippen molar-refractivity contribution >= 4 is 10.0 Å². The van der Waals surface area contributed by atoms with Crippen molar-refractivity contribution in [1.29, 1.82) is 0 Å². The normalized spacial score (nSPS) is 12.9. The van der Waals surface area contributed by atoms with Crippen LogP contribution < -0.4 is 5.14 Å². The third-order valence-electron chi connectivity index (χ3n) is 4.28. The number of rotatable bonds is 3. The van der Waals surface area contributed by atoms with Crippen LogP contribution in [-0.2, 0) is 22.4 Å². The minimum atomic E-state index is -5.09. The Morgan fingerprint density at radius 2 is 1.55 bits per heavy atom. The van der Waals surface area contributed by atoms with Gasteiger partial charge in [-0.3, -0.25) is 0 Å². The van der Waals surface area contributed by atoms with E-state index in [1.807, 2.05) is 0 Å². The van der Waals surface area contributed by atoms with Crippen LogP contribution in [0.25, 0.3) is 22.4 Å². The first-order valence-electron chi connectivity index (χ1n) is 8.18. The zero-order valence-corrected chi connectivity index (χ0v) is 16.1. The van der Waals surface area contributed by atoms with E-state index < -0.39 is 61.2 Å². The lowest BCUT2D eigenvalue weighted by atomic mass is 9.96. The van der Waals surface area contributed by atoms with Crippen molar-refractivity contribution in [3.8, 4) is 22.4 Å². The van der Waals surface area contributed by atoms with E-state index in [4.69, 9.17) is 5.14 Å². The van der Waals surface area contributed by atoms with Crippen LogP contribution in [0.1, 0.15) is 16.9 Å². The Morgan fingerprint density at radius 3 is 2.03 bits per heavy atom. The molecule has 0 bridgehead atoms. The van der Waals surface area contributed by atoms with Crippen LogP contribution in [-0.4, -0.2) is 13.6 Å². The van der Waals surface area contributed by atoms with Gasteiger partial charge in [-0.15, -0.1) is 0 Å². The van der Waals surface area contributed by atoms with Crippen LogP contribution in [0, 0.1) is 12.7 Å². The molecule has 2 aromatic carbocycles. The Morgan fingerprint density at radius 1 is 0.935 bits per heavy atom. The molecule has 0 amide bonds. The zero-order valence-electron chi connectivity index (χ0n) is 15.3. The molecule has 0 aliphatic rings. The Balaban J connectivity index is 2.26. The highest BCUT2D eigenvalue weighted by Crippen LogP contribution is 2.44. The number of alkyl halides is 6. The molecule has 0 radical (unpaired) electrons. The minimum Gasteiger partial charge on any atom is -0.350 e. The molecule has 0 spiro atoms. The van der Waals surface area contributed by atoms with Crippen LogP contribution in [0.2, 0.25) is 0 Å². The van der Waals surface area contributed by atoms with E-state index in [0.717, 1.165) is 25.1 Å². The zero-order chi connectivity index (χ0) is 23.4. The van der Waals surface area contributed by atoms with E-state index >= 15 is 0 Å². The fourth-order valence-corrected chi connectivity index (χ4v) is 3.55. The number of benzene rings is 2. The first-order valence-corrected chi connectivity index (χ1v) is 9.73. The lowest BCUT2D eigenvalue weighted by Crippen LogP contribution is -2.14. The lowest BCUT2D eigenvalue weighted by molar-refractivity contribution is -0.155. The molecule has 0 unspecified atom stereocenters. The Labute approximate surface area is 170 Å². The SMILES string of the molecule is Cc1cc(-c2noc(C(F)(F)F)c2-c2ccc(S(N)(=O)=O)c(F)c2)ccc1C(F)(F)F. The highest BCUT2D eigenvalue weighted by Gasteiger charge is 2.41. The molecular weight excluding hydrogens is 457 g/mol. The van der Waals surface area contributed by atoms with E-state index in [0.29, 0.717) is 18.2 Å². The van der Waals surface area contributed by atoms with Gasteiger partial charge in [0.05, 0.1) is 11.1 Å². The highest BCUT2D eigenvalue weighted by molar-refractivity contribution is 7.89. The molecule has 0 saturated carbocycles. The van der Waals surface area contributed by atoms with Gasteiger partial charge in [0, 0.05) is 5.56 Å². The highest BCUT2D eigenvalue weighted by atomic mass is 32.2. The van der Waals surface area contributed by atoms with Gasteiger partial charge in [0.15, 0.2) is 0 Å². The number of hydrogen-bond acceptors (Lipinski definition) is 4. The average molecular weight is 468 g/mol. The number of aryl methyl sites for hydroxylation is 1. The Kier molecular flexibility index (Phi) is 5.39. The molecule has 1 aromatic heterocycles. The second-order valence-corrected chi connectivity index (χ2v) is 7.98. The summed E-state index contributed by atoms with van der Waals surface area (Å²) in [4.78, 5) is -0.951. The van der Waals surface area contributed by atoms with Crippen molar-refractivity contribution in [1.82, 2.24) is 5.16 Å². The number of primary sulfonamides is 1. The predicted molar refractivity (Wildman–Crippen MR) is 93.4 cm³/mol. The molecule has 5 nitrogen and oxygen atoms in total. The molecule has 0 saturated heterocycles. The second-order valence-electron chi connectivity index (χ2n) is 6.45. The number of nitrogens with two attached hydrogens (primary N) is 1. The van der Waals surface area contributed by atoms with Crippen LogP contribution in [0.5, 0.6) is 0 Å². The molecule has 0 fully saturated rings. The fourth-order valence-electron chi connectivity index (χ4n) is 2.96. The lowest BCUT2D eigenvalue weighted by Gasteiger charge is -2.12. The van der Waals surface area contributed by atoms with Gasteiger partial charge in [-0.2, -0.15) is 26.3 Å². The van der Waals surface area contributed by atoms with Gasteiger partial charge >= 0.3 is 12.4 Å². The quantitative estimate of drug-likeness (QED) is 0.540. The molecule has 3 rings (SSSR count). The first-order chi connectivity index (χ1) is 14.1. The molecule has 0 atom stereocenters. The summed E-state index contributed by atoms with van der Waals surface area (Å²) in [6.45, 7) is 1.11. The molecule has 0 aliphatic carbocycles.